The van der Waals surface area contributed by atoms with Gasteiger partial charge in [0, 0.05) is 24.7 Å². The van der Waals surface area contributed by atoms with Gasteiger partial charge in [0.1, 0.15) is 5.69 Å². The number of nitrogens with one attached hydrogen (secondary N) is 1. The van der Waals surface area contributed by atoms with Gasteiger partial charge in [-0.15, -0.1) is 0 Å². The zero-order valence-electron chi connectivity index (χ0n) is 15.8. The summed E-state index contributed by atoms with van der Waals surface area (Å²) in [5.74, 6) is 0.597. The second kappa shape index (κ2) is 7.85. The van der Waals surface area contributed by atoms with E-state index in [2.05, 4.69) is 55.0 Å². The highest BCUT2D eigenvalue weighted by Gasteiger charge is 2.26. The van der Waals surface area contributed by atoms with Gasteiger partial charge >= 0.3 is 5.69 Å². The Balaban J connectivity index is 1.79. The SMILES string of the molecule is Cc1cccc(C2CCCN(C(=O)c3cc(CC(C)C)[nH]c(=O)n3)C2)c1. The van der Waals surface area contributed by atoms with Crippen molar-refractivity contribution >= 4 is 5.91 Å². The Morgan fingerprint density at radius 1 is 1.35 bits per heavy atom. The van der Waals surface area contributed by atoms with Crippen molar-refractivity contribution in [2.24, 2.45) is 5.92 Å². The molecular weight excluding hydrogens is 326 g/mol. The van der Waals surface area contributed by atoms with Gasteiger partial charge in [-0.2, -0.15) is 4.98 Å². The van der Waals surface area contributed by atoms with Crippen LogP contribution in [0.15, 0.2) is 35.1 Å². The van der Waals surface area contributed by atoms with E-state index in [4.69, 9.17) is 0 Å². The smallest absolute Gasteiger partial charge is 0.337 e. The maximum atomic E-state index is 12.9. The summed E-state index contributed by atoms with van der Waals surface area (Å²) in [6.07, 6.45) is 2.77. The van der Waals surface area contributed by atoms with E-state index in [1.807, 2.05) is 4.90 Å². The van der Waals surface area contributed by atoms with Crippen LogP contribution in [0.4, 0.5) is 0 Å². The predicted molar refractivity (Wildman–Crippen MR) is 102 cm³/mol. The third-order valence-corrected chi connectivity index (χ3v) is 4.87. The second-order valence-electron chi connectivity index (χ2n) is 7.70. The van der Waals surface area contributed by atoms with Crippen LogP contribution in [0.5, 0.6) is 0 Å². The molecule has 1 fully saturated rings. The molecule has 1 N–H and O–H groups in total. The van der Waals surface area contributed by atoms with Crippen molar-refractivity contribution in [3.05, 3.63) is 63.3 Å². The highest BCUT2D eigenvalue weighted by molar-refractivity contribution is 5.92. The molecule has 0 radical (unpaired) electrons. The van der Waals surface area contributed by atoms with Crippen LogP contribution in [-0.2, 0) is 6.42 Å². The Labute approximate surface area is 154 Å². The van der Waals surface area contributed by atoms with Gasteiger partial charge < -0.3 is 9.88 Å². The number of rotatable bonds is 4. The Morgan fingerprint density at radius 3 is 2.88 bits per heavy atom. The van der Waals surface area contributed by atoms with Crippen LogP contribution in [0.2, 0.25) is 0 Å². The van der Waals surface area contributed by atoms with Crippen LogP contribution < -0.4 is 5.69 Å². The first-order chi connectivity index (χ1) is 12.4. The van der Waals surface area contributed by atoms with E-state index in [9.17, 15) is 9.59 Å². The minimum Gasteiger partial charge on any atom is -0.337 e. The summed E-state index contributed by atoms with van der Waals surface area (Å²) in [6, 6.07) is 10.2. The first-order valence-electron chi connectivity index (χ1n) is 9.38. The maximum absolute atomic E-state index is 12.9. The highest BCUT2D eigenvalue weighted by Crippen LogP contribution is 2.28. The fraction of sp³-hybridized carbons (Fsp3) is 0.476. The van der Waals surface area contributed by atoms with Crippen LogP contribution in [0, 0.1) is 12.8 Å². The molecule has 5 nitrogen and oxygen atoms in total. The molecule has 1 aliphatic heterocycles. The van der Waals surface area contributed by atoms with Crippen molar-refractivity contribution in [3.8, 4) is 0 Å². The molecule has 0 saturated carbocycles. The molecule has 1 amide bonds. The molecular formula is C21H27N3O2. The predicted octanol–water partition coefficient (Wildman–Crippen LogP) is 3.30. The van der Waals surface area contributed by atoms with E-state index in [-0.39, 0.29) is 11.6 Å². The number of likely N-dealkylation sites (tertiary alicyclic amines) is 1. The number of piperidine rings is 1. The van der Waals surface area contributed by atoms with E-state index < -0.39 is 5.69 Å². The summed E-state index contributed by atoms with van der Waals surface area (Å²) >= 11 is 0. The number of aromatic amines is 1. The Bertz CT molecular complexity index is 841. The number of H-pyrrole nitrogens is 1. The standard InChI is InChI=1S/C21H27N3O2/c1-14(2)10-18-12-19(23-21(26)22-18)20(25)24-9-5-8-17(13-24)16-7-4-6-15(3)11-16/h4,6-7,11-12,14,17H,5,8-10,13H2,1-3H3,(H,22,23,26). The van der Waals surface area contributed by atoms with Crippen LogP contribution >= 0.6 is 0 Å². The first kappa shape index (κ1) is 18.4. The first-order valence-corrected chi connectivity index (χ1v) is 9.38. The van der Waals surface area contributed by atoms with Gasteiger partial charge in [0.15, 0.2) is 0 Å². The number of aryl methyl sites for hydroxylation is 1. The average Bonchev–Trinajstić information content (AvgIpc) is 2.60. The number of hydrogen-bond acceptors (Lipinski definition) is 3. The molecule has 26 heavy (non-hydrogen) atoms. The van der Waals surface area contributed by atoms with E-state index in [0.717, 1.165) is 31.5 Å². The maximum Gasteiger partial charge on any atom is 0.345 e. The third-order valence-electron chi connectivity index (χ3n) is 4.87. The molecule has 1 aromatic heterocycles. The minimum atomic E-state index is -0.446. The lowest BCUT2D eigenvalue weighted by molar-refractivity contribution is 0.0700. The number of amides is 1. The van der Waals surface area contributed by atoms with Crippen molar-refractivity contribution in [1.82, 2.24) is 14.9 Å². The van der Waals surface area contributed by atoms with E-state index >= 15 is 0 Å². The molecule has 1 aromatic carbocycles. The average molecular weight is 353 g/mol. The summed E-state index contributed by atoms with van der Waals surface area (Å²) in [6.45, 7) is 7.64. The molecule has 1 saturated heterocycles. The molecule has 0 spiro atoms. The van der Waals surface area contributed by atoms with Crippen molar-refractivity contribution in [2.75, 3.05) is 13.1 Å². The van der Waals surface area contributed by atoms with Crippen LogP contribution in [-0.4, -0.2) is 33.9 Å². The van der Waals surface area contributed by atoms with Gasteiger partial charge in [0.25, 0.3) is 5.91 Å². The largest absolute Gasteiger partial charge is 0.345 e. The molecule has 0 aliphatic carbocycles. The lowest BCUT2D eigenvalue weighted by Crippen LogP contribution is -2.40. The topological polar surface area (TPSA) is 66.1 Å². The van der Waals surface area contributed by atoms with Gasteiger partial charge in [0.2, 0.25) is 0 Å². The number of hydrogen-bond donors (Lipinski definition) is 1. The van der Waals surface area contributed by atoms with Gasteiger partial charge in [-0.1, -0.05) is 43.7 Å². The number of carbonyl (C=O) groups is 1. The van der Waals surface area contributed by atoms with Gasteiger partial charge in [-0.05, 0) is 43.7 Å². The normalized spacial score (nSPS) is 17.5. The summed E-state index contributed by atoms with van der Waals surface area (Å²) in [5.41, 5.74) is 3.10. The molecule has 2 aromatic rings. The van der Waals surface area contributed by atoms with Gasteiger partial charge in [-0.3, -0.25) is 4.79 Å². The van der Waals surface area contributed by atoms with Crippen molar-refractivity contribution in [1.29, 1.82) is 0 Å². The number of benzene rings is 1. The highest BCUT2D eigenvalue weighted by atomic mass is 16.2. The molecule has 1 aliphatic rings. The van der Waals surface area contributed by atoms with Crippen LogP contribution in [0.3, 0.4) is 0 Å². The molecule has 3 rings (SSSR count). The summed E-state index contributed by atoms with van der Waals surface area (Å²) in [4.78, 5) is 33.3. The monoisotopic (exact) mass is 353 g/mol. The Morgan fingerprint density at radius 2 is 2.15 bits per heavy atom. The van der Waals surface area contributed by atoms with Crippen molar-refractivity contribution in [2.45, 2.75) is 46.0 Å². The van der Waals surface area contributed by atoms with Crippen molar-refractivity contribution < 1.29 is 4.79 Å². The Kier molecular flexibility index (Phi) is 5.55. The van der Waals surface area contributed by atoms with Gasteiger partial charge in [0.05, 0.1) is 0 Å². The fourth-order valence-corrected chi connectivity index (χ4v) is 3.69. The summed E-state index contributed by atoms with van der Waals surface area (Å²) in [5, 5.41) is 0. The minimum absolute atomic E-state index is 0.140. The molecule has 138 valence electrons. The molecule has 0 bridgehead atoms. The zero-order chi connectivity index (χ0) is 18.7. The summed E-state index contributed by atoms with van der Waals surface area (Å²) < 4.78 is 0. The number of nitrogens with zero attached hydrogens (tertiary/aromatic N) is 2. The van der Waals surface area contributed by atoms with Crippen LogP contribution in [0.1, 0.15) is 59.9 Å². The van der Waals surface area contributed by atoms with E-state index in [1.165, 1.54) is 11.1 Å². The lowest BCUT2D eigenvalue weighted by Gasteiger charge is -2.33. The molecule has 5 heteroatoms. The van der Waals surface area contributed by atoms with Crippen LogP contribution in [0.25, 0.3) is 0 Å². The van der Waals surface area contributed by atoms with E-state index in [1.54, 1.807) is 6.07 Å². The lowest BCUT2D eigenvalue weighted by atomic mass is 9.89. The fourth-order valence-electron chi connectivity index (χ4n) is 3.69. The van der Waals surface area contributed by atoms with Crippen molar-refractivity contribution in [3.63, 3.8) is 0 Å². The number of carbonyl (C=O) groups excluding carboxylic acids is 1. The second-order valence-corrected chi connectivity index (χ2v) is 7.70. The molecule has 1 unspecified atom stereocenters. The zero-order valence-corrected chi connectivity index (χ0v) is 15.8. The van der Waals surface area contributed by atoms with Gasteiger partial charge in [-0.25, -0.2) is 4.79 Å². The number of aromatic nitrogens is 2. The quantitative estimate of drug-likeness (QED) is 0.917. The van der Waals surface area contributed by atoms with E-state index in [0.29, 0.717) is 18.4 Å². The third kappa shape index (κ3) is 4.40. The molecule has 1 atom stereocenters. The summed E-state index contributed by atoms with van der Waals surface area (Å²) in [7, 11) is 0. The Hall–Kier alpha value is -2.43. The molecule has 2 heterocycles.